The third-order valence-corrected chi connectivity index (χ3v) is 2.87. The molecule has 1 aromatic heterocycles. The molecule has 98 valence electrons. The zero-order chi connectivity index (χ0) is 13.8. The molecule has 0 saturated carbocycles. The molecule has 0 aliphatic rings. The average molecular weight is 254 g/mol. The van der Waals surface area contributed by atoms with Gasteiger partial charge in [-0.3, -0.25) is 0 Å². The molecular formula is C15H18N4. The van der Waals surface area contributed by atoms with E-state index < -0.39 is 0 Å². The highest BCUT2D eigenvalue weighted by Crippen LogP contribution is 2.16. The Morgan fingerprint density at radius 1 is 1.37 bits per heavy atom. The molecule has 0 radical (unpaired) electrons. The van der Waals surface area contributed by atoms with Gasteiger partial charge in [-0.1, -0.05) is 19.9 Å². The largest absolute Gasteiger partial charge is 0.310 e. The molecule has 0 spiro atoms. The summed E-state index contributed by atoms with van der Waals surface area (Å²) in [5.74, 6) is 0. The van der Waals surface area contributed by atoms with Crippen LogP contribution in [0.2, 0.25) is 0 Å². The lowest BCUT2D eigenvalue weighted by molar-refractivity contribution is 0.588. The Hall–Kier alpha value is -2.12. The van der Waals surface area contributed by atoms with Crippen LogP contribution in [-0.2, 0) is 6.54 Å². The Kier molecular flexibility index (Phi) is 3.98. The maximum absolute atomic E-state index is 9.28. The SMILES string of the molecule is Cc1ccn(-c2ccc(CNC(C)C)cc2C#N)n1. The normalized spacial score (nSPS) is 10.7. The Balaban J connectivity index is 2.29. The number of nitrogens with one attached hydrogen (secondary N) is 1. The first-order valence-electron chi connectivity index (χ1n) is 6.39. The van der Waals surface area contributed by atoms with Crippen LogP contribution < -0.4 is 5.32 Å². The summed E-state index contributed by atoms with van der Waals surface area (Å²) >= 11 is 0. The highest BCUT2D eigenvalue weighted by atomic mass is 15.3. The topological polar surface area (TPSA) is 53.6 Å². The summed E-state index contributed by atoms with van der Waals surface area (Å²) in [6.07, 6.45) is 1.87. The fraction of sp³-hybridized carbons (Fsp3) is 0.333. The first-order chi connectivity index (χ1) is 9.10. The number of hydrogen-bond acceptors (Lipinski definition) is 3. The Morgan fingerprint density at radius 2 is 2.16 bits per heavy atom. The number of nitrogens with zero attached hydrogens (tertiary/aromatic N) is 3. The third kappa shape index (κ3) is 3.21. The average Bonchev–Trinajstić information content (AvgIpc) is 2.82. The van der Waals surface area contributed by atoms with Crippen molar-refractivity contribution in [3.05, 3.63) is 47.3 Å². The van der Waals surface area contributed by atoms with Gasteiger partial charge in [-0.2, -0.15) is 10.4 Å². The van der Waals surface area contributed by atoms with Crippen LogP contribution in [-0.4, -0.2) is 15.8 Å². The van der Waals surface area contributed by atoms with E-state index in [-0.39, 0.29) is 0 Å². The molecule has 4 heteroatoms. The van der Waals surface area contributed by atoms with Gasteiger partial charge >= 0.3 is 0 Å². The number of nitriles is 1. The summed E-state index contributed by atoms with van der Waals surface area (Å²) in [6.45, 7) is 6.91. The van der Waals surface area contributed by atoms with E-state index in [1.165, 1.54) is 0 Å². The van der Waals surface area contributed by atoms with Gasteiger partial charge < -0.3 is 5.32 Å². The second-order valence-electron chi connectivity index (χ2n) is 4.90. The van der Waals surface area contributed by atoms with Gasteiger partial charge in [0.1, 0.15) is 6.07 Å². The molecular weight excluding hydrogens is 236 g/mol. The van der Waals surface area contributed by atoms with Gasteiger partial charge in [0.2, 0.25) is 0 Å². The minimum absolute atomic E-state index is 0.430. The molecule has 0 bridgehead atoms. The minimum Gasteiger partial charge on any atom is -0.310 e. The standard InChI is InChI=1S/C15H18N4/c1-11(2)17-10-13-4-5-15(14(8-13)9-16)19-7-6-12(3)18-19/h4-8,11,17H,10H2,1-3H3. The summed E-state index contributed by atoms with van der Waals surface area (Å²) in [6, 6.07) is 10.5. The lowest BCUT2D eigenvalue weighted by atomic mass is 10.1. The van der Waals surface area contributed by atoms with E-state index in [2.05, 4.69) is 30.3 Å². The zero-order valence-corrected chi connectivity index (χ0v) is 11.5. The van der Waals surface area contributed by atoms with Gasteiger partial charge in [-0.05, 0) is 30.7 Å². The van der Waals surface area contributed by atoms with Crippen molar-refractivity contribution >= 4 is 0 Å². The maximum Gasteiger partial charge on any atom is 0.101 e. The van der Waals surface area contributed by atoms with Crippen molar-refractivity contribution in [1.82, 2.24) is 15.1 Å². The van der Waals surface area contributed by atoms with Crippen molar-refractivity contribution in [3.8, 4) is 11.8 Å². The first-order valence-corrected chi connectivity index (χ1v) is 6.39. The quantitative estimate of drug-likeness (QED) is 0.912. The van der Waals surface area contributed by atoms with Gasteiger partial charge in [-0.25, -0.2) is 4.68 Å². The van der Waals surface area contributed by atoms with Gasteiger partial charge in [0.25, 0.3) is 0 Å². The van der Waals surface area contributed by atoms with Crippen LogP contribution in [0.25, 0.3) is 5.69 Å². The second-order valence-corrected chi connectivity index (χ2v) is 4.90. The van der Waals surface area contributed by atoms with Gasteiger partial charge in [0.15, 0.2) is 0 Å². The van der Waals surface area contributed by atoms with E-state index >= 15 is 0 Å². The summed E-state index contributed by atoms with van der Waals surface area (Å²) in [4.78, 5) is 0. The lowest BCUT2D eigenvalue weighted by Gasteiger charge is -2.10. The summed E-state index contributed by atoms with van der Waals surface area (Å²) in [5, 5.41) is 17.0. The van der Waals surface area contributed by atoms with Crippen LogP contribution in [0.3, 0.4) is 0 Å². The molecule has 2 aromatic rings. The van der Waals surface area contributed by atoms with Crippen LogP contribution in [0, 0.1) is 18.3 Å². The molecule has 0 aliphatic heterocycles. The van der Waals surface area contributed by atoms with Crippen LogP contribution in [0.5, 0.6) is 0 Å². The molecule has 0 atom stereocenters. The molecule has 1 N–H and O–H groups in total. The van der Waals surface area contributed by atoms with E-state index in [0.717, 1.165) is 23.5 Å². The van der Waals surface area contributed by atoms with E-state index in [1.54, 1.807) is 4.68 Å². The second kappa shape index (κ2) is 5.68. The number of rotatable bonds is 4. The highest BCUT2D eigenvalue weighted by molar-refractivity contribution is 5.50. The molecule has 0 unspecified atom stereocenters. The first kappa shape index (κ1) is 13.3. The molecule has 0 aliphatic carbocycles. The van der Waals surface area contributed by atoms with E-state index in [1.807, 2.05) is 37.4 Å². The van der Waals surface area contributed by atoms with Gasteiger partial charge in [0, 0.05) is 18.8 Å². The van der Waals surface area contributed by atoms with Crippen molar-refractivity contribution in [2.45, 2.75) is 33.4 Å². The van der Waals surface area contributed by atoms with Crippen molar-refractivity contribution in [2.24, 2.45) is 0 Å². The molecule has 0 saturated heterocycles. The van der Waals surface area contributed by atoms with E-state index in [4.69, 9.17) is 0 Å². The van der Waals surface area contributed by atoms with Crippen LogP contribution in [0.1, 0.15) is 30.7 Å². The van der Waals surface area contributed by atoms with Crippen molar-refractivity contribution < 1.29 is 0 Å². The minimum atomic E-state index is 0.430. The molecule has 1 heterocycles. The number of aromatic nitrogens is 2. The molecule has 0 amide bonds. The molecule has 1 aromatic carbocycles. The van der Waals surface area contributed by atoms with Crippen LogP contribution in [0.4, 0.5) is 0 Å². The highest BCUT2D eigenvalue weighted by Gasteiger charge is 2.07. The van der Waals surface area contributed by atoms with E-state index in [0.29, 0.717) is 11.6 Å². The van der Waals surface area contributed by atoms with Crippen molar-refractivity contribution in [1.29, 1.82) is 5.26 Å². The number of aryl methyl sites for hydroxylation is 1. The number of benzene rings is 1. The van der Waals surface area contributed by atoms with Crippen LogP contribution in [0.15, 0.2) is 30.5 Å². The third-order valence-electron chi connectivity index (χ3n) is 2.87. The molecule has 19 heavy (non-hydrogen) atoms. The van der Waals surface area contributed by atoms with Gasteiger partial charge in [-0.15, -0.1) is 0 Å². The molecule has 4 nitrogen and oxygen atoms in total. The smallest absolute Gasteiger partial charge is 0.101 e. The van der Waals surface area contributed by atoms with Gasteiger partial charge in [0.05, 0.1) is 16.9 Å². The predicted octanol–water partition coefficient (Wildman–Crippen LogP) is 2.55. The fourth-order valence-corrected chi connectivity index (χ4v) is 1.85. The van der Waals surface area contributed by atoms with Crippen LogP contribution >= 0.6 is 0 Å². The Morgan fingerprint density at radius 3 is 2.74 bits per heavy atom. The lowest BCUT2D eigenvalue weighted by Crippen LogP contribution is -2.21. The predicted molar refractivity (Wildman–Crippen MR) is 75.0 cm³/mol. The summed E-state index contributed by atoms with van der Waals surface area (Å²) < 4.78 is 1.74. The maximum atomic E-state index is 9.28. The Bertz CT molecular complexity index is 605. The molecule has 0 fully saturated rings. The van der Waals surface area contributed by atoms with E-state index in [9.17, 15) is 5.26 Å². The summed E-state index contributed by atoms with van der Waals surface area (Å²) in [7, 11) is 0. The number of hydrogen-bond donors (Lipinski definition) is 1. The summed E-state index contributed by atoms with van der Waals surface area (Å²) in [5.41, 5.74) is 3.52. The van der Waals surface area contributed by atoms with Crippen molar-refractivity contribution in [2.75, 3.05) is 0 Å². The van der Waals surface area contributed by atoms with Crippen molar-refractivity contribution in [3.63, 3.8) is 0 Å². The monoisotopic (exact) mass is 254 g/mol. The fourth-order valence-electron chi connectivity index (χ4n) is 1.85. The molecule has 2 rings (SSSR count). The zero-order valence-electron chi connectivity index (χ0n) is 11.5. The Labute approximate surface area is 113 Å².